The van der Waals surface area contributed by atoms with Crippen molar-refractivity contribution in [2.75, 3.05) is 13.6 Å². The molecule has 0 saturated heterocycles. The van der Waals surface area contributed by atoms with Crippen LogP contribution in [0.1, 0.15) is 11.1 Å². The largest absolute Gasteiger partial charge is 0.302 e. The van der Waals surface area contributed by atoms with E-state index in [1.54, 1.807) is 0 Å². The summed E-state index contributed by atoms with van der Waals surface area (Å²) in [6, 6.07) is 6.69. The molecule has 0 unspecified atom stereocenters. The zero-order valence-electron chi connectivity index (χ0n) is 8.69. The summed E-state index contributed by atoms with van der Waals surface area (Å²) < 4.78 is 1.45. The number of rotatable bonds is 0. The van der Waals surface area contributed by atoms with Crippen LogP contribution in [-0.4, -0.2) is 18.5 Å². The van der Waals surface area contributed by atoms with Crippen molar-refractivity contribution in [3.63, 3.8) is 0 Å². The fraction of sp³-hybridized carbons (Fsp3) is 0.333. The summed E-state index contributed by atoms with van der Waals surface area (Å²) in [5, 5.41) is 3.84. The number of benzene rings is 1. The Kier molecular flexibility index (Phi) is 3.01. The van der Waals surface area contributed by atoms with E-state index in [0.717, 1.165) is 6.54 Å². The normalized spacial score (nSPS) is 16.1. The molecule has 1 aromatic heterocycles. The van der Waals surface area contributed by atoms with Crippen LogP contribution in [0.25, 0.3) is 10.1 Å². The Bertz CT molecular complexity index is 477. The second kappa shape index (κ2) is 4.12. The summed E-state index contributed by atoms with van der Waals surface area (Å²) in [7, 11) is 2.20. The molecule has 15 heavy (non-hydrogen) atoms. The minimum absolute atomic E-state index is 0. The predicted molar refractivity (Wildman–Crippen MR) is 69.1 cm³/mol. The number of likely N-dealkylation sites (N-methyl/N-ethyl adjacent to an activating group) is 1. The fourth-order valence-corrected chi connectivity index (χ4v) is 3.24. The van der Waals surface area contributed by atoms with Crippen LogP contribution in [0.3, 0.4) is 0 Å². The maximum atomic E-state index is 2.40. The van der Waals surface area contributed by atoms with E-state index in [-0.39, 0.29) is 12.4 Å². The summed E-state index contributed by atoms with van der Waals surface area (Å²) in [4.78, 5) is 2.40. The van der Waals surface area contributed by atoms with Crippen molar-refractivity contribution in [2.45, 2.75) is 13.0 Å². The Balaban J connectivity index is 0.000000853. The second-order valence-electron chi connectivity index (χ2n) is 4.04. The molecule has 0 aliphatic carbocycles. The maximum absolute atomic E-state index is 2.40. The maximum Gasteiger partial charge on any atom is 0.0348 e. The quantitative estimate of drug-likeness (QED) is 0.682. The van der Waals surface area contributed by atoms with Crippen molar-refractivity contribution in [2.24, 2.45) is 0 Å². The van der Waals surface area contributed by atoms with Crippen molar-refractivity contribution in [3.05, 3.63) is 34.7 Å². The van der Waals surface area contributed by atoms with Gasteiger partial charge in [-0.05, 0) is 36.0 Å². The van der Waals surface area contributed by atoms with Gasteiger partial charge in [0, 0.05) is 23.2 Å². The van der Waals surface area contributed by atoms with E-state index >= 15 is 0 Å². The van der Waals surface area contributed by atoms with Gasteiger partial charge in [0.25, 0.3) is 0 Å². The Morgan fingerprint density at radius 3 is 3.00 bits per heavy atom. The van der Waals surface area contributed by atoms with Crippen LogP contribution < -0.4 is 0 Å². The highest BCUT2D eigenvalue weighted by molar-refractivity contribution is 7.17. The fourth-order valence-electron chi connectivity index (χ4n) is 2.24. The van der Waals surface area contributed by atoms with E-state index in [0.29, 0.717) is 0 Å². The van der Waals surface area contributed by atoms with Crippen molar-refractivity contribution < 1.29 is 0 Å². The molecule has 1 aliphatic heterocycles. The molecule has 0 fully saturated rings. The molecule has 1 nitrogen and oxygen atoms in total. The molecule has 0 bridgehead atoms. The molecule has 80 valence electrons. The second-order valence-corrected chi connectivity index (χ2v) is 4.95. The van der Waals surface area contributed by atoms with Gasteiger partial charge in [-0.1, -0.05) is 12.1 Å². The summed E-state index contributed by atoms with van der Waals surface area (Å²) in [6.45, 7) is 2.29. The lowest BCUT2D eigenvalue weighted by atomic mass is 10.1. The van der Waals surface area contributed by atoms with Crippen LogP contribution in [0.4, 0.5) is 0 Å². The topological polar surface area (TPSA) is 3.24 Å². The van der Waals surface area contributed by atoms with Gasteiger partial charge < -0.3 is 4.90 Å². The van der Waals surface area contributed by atoms with Gasteiger partial charge in [0.2, 0.25) is 0 Å². The van der Waals surface area contributed by atoms with Crippen molar-refractivity contribution in [3.8, 4) is 0 Å². The molecule has 2 heterocycles. The number of nitrogens with zero attached hydrogens (tertiary/aromatic N) is 1. The van der Waals surface area contributed by atoms with Crippen LogP contribution >= 0.6 is 23.7 Å². The first kappa shape index (κ1) is 10.9. The first-order valence-electron chi connectivity index (χ1n) is 5.01. The van der Waals surface area contributed by atoms with Crippen LogP contribution in [0, 0.1) is 0 Å². The summed E-state index contributed by atoms with van der Waals surface area (Å²) in [5.74, 6) is 0. The average Bonchev–Trinajstić information content (AvgIpc) is 2.51. The summed E-state index contributed by atoms with van der Waals surface area (Å²) in [6.07, 6.45) is 1.19. The highest BCUT2D eigenvalue weighted by Crippen LogP contribution is 2.31. The monoisotopic (exact) mass is 239 g/mol. The van der Waals surface area contributed by atoms with Crippen molar-refractivity contribution >= 4 is 33.8 Å². The highest BCUT2D eigenvalue weighted by atomic mass is 35.5. The summed E-state index contributed by atoms with van der Waals surface area (Å²) in [5.41, 5.74) is 3.05. The molecule has 2 aromatic rings. The number of hydrogen-bond donors (Lipinski definition) is 0. The van der Waals surface area contributed by atoms with Crippen LogP contribution in [0.15, 0.2) is 23.6 Å². The van der Waals surface area contributed by atoms with Crippen molar-refractivity contribution in [1.29, 1.82) is 0 Å². The molecular weight excluding hydrogens is 226 g/mol. The van der Waals surface area contributed by atoms with Crippen LogP contribution in [-0.2, 0) is 13.0 Å². The molecule has 0 N–H and O–H groups in total. The minimum atomic E-state index is 0. The van der Waals surface area contributed by atoms with Gasteiger partial charge in [-0.25, -0.2) is 0 Å². The van der Waals surface area contributed by atoms with E-state index in [1.807, 2.05) is 11.3 Å². The molecule has 3 rings (SSSR count). The number of halogens is 1. The summed E-state index contributed by atoms with van der Waals surface area (Å²) >= 11 is 1.88. The minimum Gasteiger partial charge on any atom is -0.302 e. The Hall–Kier alpha value is -0.570. The lowest BCUT2D eigenvalue weighted by molar-refractivity contribution is 0.337. The van der Waals surface area contributed by atoms with Gasteiger partial charge in [0.05, 0.1) is 0 Å². The molecule has 0 amide bonds. The predicted octanol–water partition coefficient (Wildman–Crippen LogP) is 3.31. The standard InChI is InChI=1S/C12H13NS.ClH/c1-13-6-5-9-3-2-4-11-12(9)10(7-13)8-14-11;/h2-4,8H,5-7H2,1H3;1H. The van der Waals surface area contributed by atoms with E-state index in [1.165, 1.54) is 34.2 Å². The van der Waals surface area contributed by atoms with Crippen molar-refractivity contribution in [1.82, 2.24) is 4.90 Å². The average molecular weight is 240 g/mol. The Labute approximate surface area is 100 Å². The van der Waals surface area contributed by atoms with E-state index < -0.39 is 0 Å². The molecule has 0 saturated carbocycles. The molecular formula is C12H14ClNS. The lowest BCUT2D eigenvalue weighted by Crippen LogP contribution is -2.18. The van der Waals surface area contributed by atoms with Crippen LogP contribution in [0.5, 0.6) is 0 Å². The zero-order chi connectivity index (χ0) is 9.54. The molecule has 0 spiro atoms. The number of hydrogen-bond acceptors (Lipinski definition) is 2. The molecule has 3 heteroatoms. The van der Waals surface area contributed by atoms with E-state index in [2.05, 4.69) is 35.5 Å². The molecule has 1 aromatic carbocycles. The number of thiophene rings is 1. The lowest BCUT2D eigenvalue weighted by Gasteiger charge is -2.11. The van der Waals surface area contributed by atoms with E-state index in [9.17, 15) is 0 Å². The molecule has 1 aliphatic rings. The third-order valence-corrected chi connectivity index (χ3v) is 3.96. The van der Waals surface area contributed by atoms with Gasteiger partial charge in [-0.15, -0.1) is 23.7 Å². The first-order valence-corrected chi connectivity index (χ1v) is 5.89. The van der Waals surface area contributed by atoms with Gasteiger partial charge in [0.15, 0.2) is 0 Å². The Morgan fingerprint density at radius 2 is 2.13 bits per heavy atom. The van der Waals surface area contributed by atoms with Gasteiger partial charge >= 0.3 is 0 Å². The third-order valence-electron chi connectivity index (χ3n) is 2.96. The van der Waals surface area contributed by atoms with Gasteiger partial charge in [-0.2, -0.15) is 0 Å². The Morgan fingerprint density at radius 1 is 1.27 bits per heavy atom. The van der Waals surface area contributed by atoms with Crippen LogP contribution in [0.2, 0.25) is 0 Å². The third kappa shape index (κ3) is 1.78. The van der Waals surface area contributed by atoms with Gasteiger partial charge in [-0.3, -0.25) is 0 Å². The zero-order valence-corrected chi connectivity index (χ0v) is 10.3. The van der Waals surface area contributed by atoms with Gasteiger partial charge in [0.1, 0.15) is 0 Å². The molecule has 0 atom stereocenters. The first-order chi connectivity index (χ1) is 6.84. The smallest absolute Gasteiger partial charge is 0.0348 e. The highest BCUT2D eigenvalue weighted by Gasteiger charge is 2.14. The van der Waals surface area contributed by atoms with E-state index in [4.69, 9.17) is 0 Å². The molecule has 0 radical (unpaired) electrons. The SMILES string of the molecule is CN1CCc2cccc3scc(c23)C1.Cl.